The van der Waals surface area contributed by atoms with Crippen molar-refractivity contribution in [3.05, 3.63) is 0 Å². The number of hydrogen-bond acceptors (Lipinski definition) is 5. The van der Waals surface area contributed by atoms with Crippen LogP contribution in [-0.4, -0.2) is 64.7 Å². The summed E-state index contributed by atoms with van der Waals surface area (Å²) in [6.45, 7) is -0.227. The molecule has 0 amide bonds. The molecule has 9 heteroatoms. The number of guanidine groups is 1. The molecule has 1 atom stereocenters. The second kappa shape index (κ2) is 10.7. The molecule has 0 spiro atoms. The smallest absolute Gasteiger partial charge is 0.323 e. The first-order chi connectivity index (χ1) is 8.22. The second-order valence-corrected chi connectivity index (χ2v) is 4.35. The Balaban J connectivity index is 0. The lowest BCUT2D eigenvalue weighted by molar-refractivity contribution is -0.139. The Bertz CT molecular complexity index is 288. The van der Waals surface area contributed by atoms with Crippen LogP contribution in [0.4, 0.5) is 0 Å². The van der Waals surface area contributed by atoms with E-state index in [1.807, 2.05) is 6.26 Å². The quantitative estimate of drug-likeness (QED) is 0.308. The highest BCUT2D eigenvalue weighted by Crippen LogP contribution is 1.97. The Kier molecular flexibility index (Phi) is 11.2. The van der Waals surface area contributed by atoms with Crippen molar-refractivity contribution in [2.75, 3.05) is 25.6 Å². The highest BCUT2D eigenvalue weighted by atomic mass is 32.2. The minimum absolute atomic E-state index is 0.227. The molecular weight excluding hydrogens is 260 g/mol. The summed E-state index contributed by atoms with van der Waals surface area (Å²) in [5.41, 5.74) is 10.1. The minimum atomic E-state index is -0.993. The predicted octanol–water partition coefficient (Wildman–Crippen LogP) is -0.952. The van der Waals surface area contributed by atoms with E-state index in [0.717, 1.165) is 10.7 Å². The zero-order valence-electron chi connectivity index (χ0n) is 10.4. The van der Waals surface area contributed by atoms with Gasteiger partial charge in [-0.2, -0.15) is 11.8 Å². The van der Waals surface area contributed by atoms with Gasteiger partial charge in [0.05, 0.1) is 0 Å². The number of carbonyl (C=O) groups is 2. The van der Waals surface area contributed by atoms with Crippen LogP contribution in [0, 0.1) is 5.41 Å². The van der Waals surface area contributed by atoms with Crippen molar-refractivity contribution in [1.29, 1.82) is 5.41 Å². The molecule has 1 unspecified atom stereocenters. The summed E-state index contributed by atoms with van der Waals surface area (Å²) < 4.78 is 0. The van der Waals surface area contributed by atoms with Crippen LogP contribution in [0.5, 0.6) is 0 Å². The van der Waals surface area contributed by atoms with E-state index in [4.69, 9.17) is 27.1 Å². The maximum Gasteiger partial charge on any atom is 0.323 e. The lowest BCUT2D eigenvalue weighted by atomic mass is 10.2. The topological polar surface area (TPSA) is 154 Å². The Hall–Kier alpha value is -1.48. The molecule has 0 saturated carbocycles. The van der Waals surface area contributed by atoms with E-state index >= 15 is 0 Å². The summed E-state index contributed by atoms with van der Waals surface area (Å²) in [6.07, 6.45) is 2.48. The van der Waals surface area contributed by atoms with Crippen LogP contribution >= 0.6 is 11.8 Å². The highest BCUT2D eigenvalue weighted by molar-refractivity contribution is 7.98. The first kappa shape index (κ1) is 18.9. The number of hydrogen-bond donors (Lipinski definition) is 5. The van der Waals surface area contributed by atoms with Gasteiger partial charge in [-0.25, -0.2) is 0 Å². The van der Waals surface area contributed by atoms with Crippen LogP contribution in [0.25, 0.3) is 0 Å². The van der Waals surface area contributed by atoms with Gasteiger partial charge in [-0.1, -0.05) is 0 Å². The van der Waals surface area contributed by atoms with E-state index < -0.39 is 18.0 Å². The van der Waals surface area contributed by atoms with Gasteiger partial charge < -0.3 is 26.6 Å². The summed E-state index contributed by atoms with van der Waals surface area (Å²) in [5.74, 6) is -1.33. The van der Waals surface area contributed by atoms with Crippen LogP contribution in [0.2, 0.25) is 0 Å². The fourth-order valence-electron chi connectivity index (χ4n) is 0.656. The van der Waals surface area contributed by atoms with Gasteiger partial charge in [-0.15, -0.1) is 0 Å². The molecule has 0 fully saturated rings. The third kappa shape index (κ3) is 12.6. The molecule has 0 aromatic heterocycles. The predicted molar refractivity (Wildman–Crippen MR) is 70.8 cm³/mol. The van der Waals surface area contributed by atoms with Crippen molar-refractivity contribution in [1.82, 2.24) is 4.90 Å². The molecule has 0 rings (SSSR count). The molecule has 0 aliphatic heterocycles. The van der Waals surface area contributed by atoms with E-state index in [2.05, 4.69) is 0 Å². The zero-order chi connectivity index (χ0) is 14.7. The average Bonchev–Trinajstić information content (AvgIpc) is 2.25. The number of rotatable bonds is 6. The number of likely N-dealkylation sites (N-methyl/N-ethyl adjacent to an activating group) is 1. The number of carboxylic acids is 2. The Morgan fingerprint density at radius 2 is 1.94 bits per heavy atom. The van der Waals surface area contributed by atoms with Gasteiger partial charge in [0.25, 0.3) is 0 Å². The van der Waals surface area contributed by atoms with Gasteiger partial charge >= 0.3 is 11.9 Å². The lowest BCUT2D eigenvalue weighted by Gasteiger charge is -2.12. The lowest BCUT2D eigenvalue weighted by Crippen LogP contribution is -2.36. The molecule has 0 heterocycles. The van der Waals surface area contributed by atoms with Crippen LogP contribution in [0.1, 0.15) is 6.42 Å². The molecule has 106 valence electrons. The third-order valence-electron chi connectivity index (χ3n) is 1.73. The van der Waals surface area contributed by atoms with Crippen LogP contribution in [0.15, 0.2) is 0 Å². The van der Waals surface area contributed by atoms with Gasteiger partial charge in [-0.05, 0) is 18.4 Å². The van der Waals surface area contributed by atoms with Crippen LogP contribution in [0.3, 0.4) is 0 Å². The summed E-state index contributed by atoms with van der Waals surface area (Å²) in [7, 11) is 1.44. The highest BCUT2D eigenvalue weighted by Gasteiger charge is 2.08. The molecule has 0 radical (unpaired) electrons. The number of nitrogens with zero attached hydrogens (tertiary/aromatic N) is 1. The van der Waals surface area contributed by atoms with E-state index in [0.29, 0.717) is 6.42 Å². The van der Waals surface area contributed by atoms with Crippen molar-refractivity contribution >= 4 is 29.7 Å². The van der Waals surface area contributed by atoms with E-state index in [1.54, 1.807) is 11.8 Å². The Morgan fingerprint density at radius 3 is 2.17 bits per heavy atom. The van der Waals surface area contributed by atoms with E-state index in [-0.39, 0.29) is 12.5 Å². The molecule has 8 nitrogen and oxygen atoms in total. The molecule has 0 bridgehead atoms. The molecular formula is C9H20N4O4S. The SMILES string of the molecule is CN(CC(=O)O)C(=N)N.CSCCC(N)C(=O)O. The third-order valence-corrected chi connectivity index (χ3v) is 2.38. The number of thioether (sulfide) groups is 1. The van der Waals surface area contributed by atoms with Crippen LogP contribution in [-0.2, 0) is 9.59 Å². The monoisotopic (exact) mass is 280 g/mol. The van der Waals surface area contributed by atoms with Crippen molar-refractivity contribution in [3.63, 3.8) is 0 Å². The van der Waals surface area contributed by atoms with Gasteiger partial charge in [0, 0.05) is 7.05 Å². The fraction of sp³-hybridized carbons (Fsp3) is 0.667. The summed E-state index contributed by atoms with van der Waals surface area (Å²) in [4.78, 5) is 21.1. The molecule has 0 saturated heterocycles. The molecule has 0 aromatic rings. The maximum atomic E-state index is 10.1. The Labute approximate surface area is 110 Å². The van der Waals surface area contributed by atoms with Crippen molar-refractivity contribution in [2.45, 2.75) is 12.5 Å². The molecule has 0 aromatic carbocycles. The van der Waals surface area contributed by atoms with Crippen LogP contribution < -0.4 is 11.5 Å². The molecule has 0 aliphatic rings. The first-order valence-corrected chi connectivity index (χ1v) is 6.36. The first-order valence-electron chi connectivity index (χ1n) is 4.96. The van der Waals surface area contributed by atoms with Gasteiger partial charge in [0.1, 0.15) is 12.6 Å². The zero-order valence-corrected chi connectivity index (χ0v) is 11.2. The van der Waals surface area contributed by atoms with E-state index in [1.165, 1.54) is 7.05 Å². The number of nitrogens with one attached hydrogen (secondary N) is 1. The molecule has 0 aliphatic carbocycles. The van der Waals surface area contributed by atoms with Crippen molar-refractivity contribution < 1.29 is 19.8 Å². The molecule has 7 N–H and O–H groups in total. The minimum Gasteiger partial charge on any atom is -0.480 e. The van der Waals surface area contributed by atoms with Gasteiger partial charge in [0.15, 0.2) is 5.96 Å². The molecule has 18 heavy (non-hydrogen) atoms. The van der Waals surface area contributed by atoms with Crippen molar-refractivity contribution in [2.24, 2.45) is 11.5 Å². The summed E-state index contributed by atoms with van der Waals surface area (Å²) in [5, 5.41) is 23.1. The largest absolute Gasteiger partial charge is 0.480 e. The number of nitrogens with two attached hydrogens (primary N) is 2. The van der Waals surface area contributed by atoms with E-state index in [9.17, 15) is 9.59 Å². The summed E-state index contributed by atoms with van der Waals surface area (Å²) >= 11 is 1.60. The standard InChI is InChI=1S/C5H11NO2S.C4H9N3O2/c1-9-3-2-4(6)5(7)8;1-7(4(5)6)2-3(8)9/h4H,2-3,6H2,1H3,(H,7,8);2H2,1H3,(H3,5,6)(H,8,9). The maximum absolute atomic E-state index is 10.1. The average molecular weight is 280 g/mol. The fourth-order valence-corrected chi connectivity index (χ4v) is 1.15. The van der Waals surface area contributed by atoms with Crippen molar-refractivity contribution in [3.8, 4) is 0 Å². The Morgan fingerprint density at radius 1 is 1.44 bits per heavy atom. The normalized spacial score (nSPS) is 10.8. The number of aliphatic carboxylic acids is 2. The van der Waals surface area contributed by atoms with Gasteiger partial charge in [0.2, 0.25) is 0 Å². The van der Waals surface area contributed by atoms with Gasteiger partial charge in [-0.3, -0.25) is 15.0 Å². The number of carboxylic acid groups (broad SMARTS) is 2. The second-order valence-electron chi connectivity index (χ2n) is 3.36. The summed E-state index contributed by atoms with van der Waals surface area (Å²) in [6, 6.07) is -0.683.